The fraction of sp³-hybridized carbons (Fsp3) is 0.333. The van der Waals surface area contributed by atoms with E-state index in [0.29, 0.717) is 18.3 Å². The highest BCUT2D eigenvalue weighted by molar-refractivity contribution is 6.13. The molecule has 2 aliphatic heterocycles. The van der Waals surface area contributed by atoms with Gasteiger partial charge >= 0.3 is 0 Å². The Kier molecular flexibility index (Phi) is 4.27. The summed E-state index contributed by atoms with van der Waals surface area (Å²) in [5.74, 6) is 1.12. The Balaban J connectivity index is 1.27. The maximum Gasteiger partial charge on any atom is 0.266 e. The lowest BCUT2D eigenvalue weighted by Gasteiger charge is -2.36. The van der Waals surface area contributed by atoms with Crippen molar-refractivity contribution in [1.82, 2.24) is 24.5 Å². The summed E-state index contributed by atoms with van der Waals surface area (Å²) >= 11 is 0. The second-order valence-corrected chi connectivity index (χ2v) is 7.39. The van der Waals surface area contributed by atoms with E-state index in [1.165, 1.54) is 11.3 Å². The fourth-order valence-electron chi connectivity index (χ4n) is 4.14. The number of allylic oxidation sites excluding steroid dienone is 4. The van der Waals surface area contributed by atoms with Crippen molar-refractivity contribution in [3.05, 3.63) is 76.6 Å². The topological polar surface area (TPSA) is 68.3 Å². The monoisotopic (exact) mass is 374 g/mol. The van der Waals surface area contributed by atoms with E-state index in [2.05, 4.69) is 38.3 Å². The second-order valence-electron chi connectivity index (χ2n) is 7.39. The van der Waals surface area contributed by atoms with E-state index in [-0.39, 0.29) is 5.56 Å². The van der Waals surface area contributed by atoms with Crippen LogP contribution in [-0.2, 0) is 6.54 Å². The molecule has 1 aliphatic carbocycles. The second kappa shape index (κ2) is 7.07. The van der Waals surface area contributed by atoms with Gasteiger partial charge in [-0.3, -0.25) is 9.79 Å². The van der Waals surface area contributed by atoms with Crippen LogP contribution >= 0.6 is 0 Å². The first-order valence-corrected chi connectivity index (χ1v) is 9.75. The molecule has 142 valence electrons. The van der Waals surface area contributed by atoms with Gasteiger partial charge in [-0.05, 0) is 43.0 Å². The van der Waals surface area contributed by atoms with Crippen LogP contribution in [-0.4, -0.2) is 43.3 Å². The number of hydrogen-bond donors (Lipinski definition) is 0. The fourth-order valence-corrected chi connectivity index (χ4v) is 4.14. The molecular formula is C21H22N6O. The van der Waals surface area contributed by atoms with Gasteiger partial charge in [-0.1, -0.05) is 6.08 Å². The molecule has 3 aliphatic rings. The predicted octanol–water partition coefficient (Wildman–Crippen LogP) is 2.32. The highest BCUT2D eigenvalue weighted by Crippen LogP contribution is 2.29. The number of fused-ring (bicyclic) bond motifs is 1. The molecule has 4 heterocycles. The van der Waals surface area contributed by atoms with E-state index in [9.17, 15) is 4.79 Å². The predicted molar refractivity (Wildman–Crippen MR) is 107 cm³/mol. The van der Waals surface area contributed by atoms with Gasteiger partial charge in [0.2, 0.25) is 0 Å². The van der Waals surface area contributed by atoms with Crippen LogP contribution in [0.25, 0.3) is 5.82 Å². The Morgan fingerprint density at radius 3 is 2.86 bits per heavy atom. The minimum absolute atomic E-state index is 0.0577. The maximum atomic E-state index is 12.3. The van der Waals surface area contributed by atoms with E-state index >= 15 is 0 Å². The lowest BCUT2D eigenvalue weighted by molar-refractivity contribution is 0.202. The average Bonchev–Trinajstić information content (AvgIpc) is 3.42. The van der Waals surface area contributed by atoms with E-state index in [1.807, 2.05) is 18.5 Å². The van der Waals surface area contributed by atoms with Crippen LogP contribution in [0.4, 0.5) is 0 Å². The van der Waals surface area contributed by atoms with Crippen LogP contribution in [0.15, 0.2) is 76.1 Å². The van der Waals surface area contributed by atoms with Gasteiger partial charge < -0.3 is 4.90 Å². The Morgan fingerprint density at radius 2 is 2.04 bits per heavy atom. The summed E-state index contributed by atoms with van der Waals surface area (Å²) in [5.41, 5.74) is 3.67. The Bertz CT molecular complexity index is 1050. The van der Waals surface area contributed by atoms with Gasteiger partial charge in [0.1, 0.15) is 0 Å². The molecule has 0 bridgehead atoms. The Morgan fingerprint density at radius 1 is 1.14 bits per heavy atom. The van der Waals surface area contributed by atoms with E-state index in [1.54, 1.807) is 27.7 Å². The zero-order chi connectivity index (χ0) is 18.9. The summed E-state index contributed by atoms with van der Waals surface area (Å²) < 4.78 is 3.27. The number of rotatable bonds is 4. The Hall–Kier alpha value is -3.22. The molecule has 0 atom stereocenters. The first-order chi connectivity index (χ1) is 13.8. The van der Waals surface area contributed by atoms with Crippen LogP contribution in [0.2, 0.25) is 0 Å². The molecule has 0 N–H and O–H groups in total. The molecule has 0 spiro atoms. The number of likely N-dealkylation sites (tertiary alicyclic amines) is 1. The van der Waals surface area contributed by atoms with Crippen molar-refractivity contribution in [2.75, 3.05) is 13.1 Å². The van der Waals surface area contributed by atoms with Crippen molar-refractivity contribution < 1.29 is 0 Å². The number of piperidine rings is 1. The van der Waals surface area contributed by atoms with E-state index in [0.717, 1.165) is 38.1 Å². The Labute approximate surface area is 163 Å². The minimum atomic E-state index is -0.0577. The molecule has 0 amide bonds. The first kappa shape index (κ1) is 16.9. The normalized spacial score (nSPS) is 19.3. The largest absolute Gasteiger partial charge is 0.374 e. The molecule has 5 rings (SSSR count). The molecule has 7 nitrogen and oxygen atoms in total. The summed E-state index contributed by atoms with van der Waals surface area (Å²) in [6.07, 6.45) is 14.9. The van der Waals surface area contributed by atoms with Crippen molar-refractivity contribution in [1.29, 1.82) is 0 Å². The van der Waals surface area contributed by atoms with Crippen molar-refractivity contribution in [3.63, 3.8) is 0 Å². The van der Waals surface area contributed by atoms with Gasteiger partial charge in [-0.15, -0.1) is 5.10 Å². The standard InChI is InChI=1S/C21H22N6O/c28-21-6-5-20(26-12-2-10-23-26)24-27(21)15-16-8-13-25(14-9-16)19-4-1-3-18-17(19)7-11-22-18/h1-3,5-7,10-12,16H,4,8-9,13-15H2. The molecule has 0 unspecified atom stereocenters. The molecular weight excluding hydrogens is 352 g/mol. The molecule has 28 heavy (non-hydrogen) atoms. The van der Waals surface area contributed by atoms with Gasteiger partial charge in [0.05, 0.1) is 5.71 Å². The van der Waals surface area contributed by atoms with Crippen LogP contribution in [0.1, 0.15) is 19.3 Å². The van der Waals surface area contributed by atoms with Crippen LogP contribution in [0.3, 0.4) is 0 Å². The molecule has 0 radical (unpaired) electrons. The van der Waals surface area contributed by atoms with Crippen molar-refractivity contribution in [2.24, 2.45) is 10.9 Å². The summed E-state index contributed by atoms with van der Waals surface area (Å²) in [6, 6.07) is 5.14. The van der Waals surface area contributed by atoms with E-state index in [4.69, 9.17) is 0 Å². The summed E-state index contributed by atoms with van der Waals surface area (Å²) in [5, 5.41) is 8.71. The number of hydrogen-bond acceptors (Lipinski definition) is 5. The van der Waals surface area contributed by atoms with Crippen LogP contribution in [0, 0.1) is 5.92 Å². The number of nitrogens with zero attached hydrogens (tertiary/aromatic N) is 6. The third-order valence-electron chi connectivity index (χ3n) is 5.65. The number of aliphatic imine (C=N–C) groups is 1. The van der Waals surface area contributed by atoms with Gasteiger partial charge in [0, 0.05) is 62.0 Å². The molecule has 7 heteroatoms. The van der Waals surface area contributed by atoms with Crippen molar-refractivity contribution >= 4 is 5.71 Å². The zero-order valence-corrected chi connectivity index (χ0v) is 15.6. The summed E-state index contributed by atoms with van der Waals surface area (Å²) in [4.78, 5) is 19.2. The lowest BCUT2D eigenvalue weighted by Crippen LogP contribution is -2.37. The van der Waals surface area contributed by atoms with Crippen molar-refractivity contribution in [2.45, 2.75) is 25.8 Å². The molecule has 2 aromatic heterocycles. The average molecular weight is 374 g/mol. The summed E-state index contributed by atoms with van der Waals surface area (Å²) in [6.45, 7) is 2.66. The third-order valence-corrected chi connectivity index (χ3v) is 5.65. The maximum absolute atomic E-state index is 12.3. The molecule has 0 aromatic carbocycles. The van der Waals surface area contributed by atoms with Gasteiger partial charge in [-0.25, -0.2) is 9.36 Å². The van der Waals surface area contributed by atoms with Gasteiger partial charge in [-0.2, -0.15) is 5.10 Å². The van der Waals surface area contributed by atoms with Crippen LogP contribution < -0.4 is 5.56 Å². The zero-order valence-electron chi connectivity index (χ0n) is 15.6. The third kappa shape index (κ3) is 3.13. The van der Waals surface area contributed by atoms with Crippen LogP contribution in [0.5, 0.6) is 0 Å². The van der Waals surface area contributed by atoms with Gasteiger partial charge in [0.25, 0.3) is 5.56 Å². The minimum Gasteiger partial charge on any atom is -0.374 e. The highest BCUT2D eigenvalue weighted by Gasteiger charge is 2.25. The molecule has 1 saturated heterocycles. The quantitative estimate of drug-likeness (QED) is 0.824. The molecule has 2 aromatic rings. The molecule has 1 fully saturated rings. The smallest absolute Gasteiger partial charge is 0.266 e. The summed E-state index contributed by atoms with van der Waals surface area (Å²) in [7, 11) is 0. The molecule has 0 saturated carbocycles. The highest BCUT2D eigenvalue weighted by atomic mass is 16.1. The van der Waals surface area contributed by atoms with E-state index < -0.39 is 0 Å². The lowest BCUT2D eigenvalue weighted by atomic mass is 9.93. The number of aromatic nitrogens is 4. The first-order valence-electron chi connectivity index (χ1n) is 9.75. The van der Waals surface area contributed by atoms with Crippen molar-refractivity contribution in [3.8, 4) is 5.82 Å². The SMILES string of the molecule is O=c1ccc(-n2cccn2)nn1CC1CCN(C2=C3C=CN=C3C=CC2)CC1. The van der Waals surface area contributed by atoms with Gasteiger partial charge in [0.15, 0.2) is 5.82 Å².